The van der Waals surface area contributed by atoms with Gasteiger partial charge in [-0.15, -0.1) is 6.58 Å². The first-order valence-corrected chi connectivity index (χ1v) is 11.3. The van der Waals surface area contributed by atoms with Crippen LogP contribution >= 0.6 is 23.6 Å². The van der Waals surface area contributed by atoms with Crippen LogP contribution in [-0.4, -0.2) is 37.7 Å². The van der Waals surface area contributed by atoms with Crippen molar-refractivity contribution >= 4 is 34.6 Å². The minimum absolute atomic E-state index is 0.176. The molecule has 2 N–H and O–H groups in total. The number of ether oxygens (including phenoxy) is 1. The number of hydrogen-bond acceptors (Lipinski definition) is 8. The number of hydrogen-bond donors (Lipinski definition) is 2. The zero-order valence-corrected chi connectivity index (χ0v) is 19.8. The molecule has 0 aliphatic rings. The molecule has 1 amide bonds. The van der Waals surface area contributed by atoms with Crippen molar-refractivity contribution in [2.24, 2.45) is 0 Å². The molecule has 3 heterocycles. The van der Waals surface area contributed by atoms with Crippen LogP contribution in [0.2, 0.25) is 0 Å². The van der Waals surface area contributed by atoms with Crippen molar-refractivity contribution in [2.75, 3.05) is 12.4 Å². The maximum atomic E-state index is 12.5. The van der Waals surface area contributed by atoms with Gasteiger partial charge in [-0.1, -0.05) is 17.4 Å². The molecule has 9 nitrogen and oxygen atoms in total. The monoisotopic (exact) mass is 482 g/mol. The molecule has 1 aromatic carbocycles. The van der Waals surface area contributed by atoms with Crippen LogP contribution in [0.25, 0.3) is 22.0 Å². The number of aromatic amines is 1. The molecule has 33 heavy (non-hydrogen) atoms. The SMILES string of the molecule is C=CCn1c(-c2sc(NC(=O)CCc3ncc(-c4ccc(OC)cc4)o3)nc2C)n[nH]c1=S. The number of rotatable bonds is 9. The lowest BCUT2D eigenvalue weighted by Crippen LogP contribution is -2.12. The molecule has 0 saturated heterocycles. The third-order valence-electron chi connectivity index (χ3n) is 4.81. The Morgan fingerprint density at radius 1 is 1.39 bits per heavy atom. The summed E-state index contributed by atoms with van der Waals surface area (Å²) in [6.45, 7) is 6.15. The van der Waals surface area contributed by atoms with Gasteiger partial charge in [0, 0.05) is 24.9 Å². The highest BCUT2D eigenvalue weighted by Crippen LogP contribution is 2.32. The second kappa shape index (κ2) is 9.92. The predicted octanol–water partition coefficient (Wildman–Crippen LogP) is 4.79. The number of thiazole rings is 1. The fourth-order valence-corrected chi connectivity index (χ4v) is 4.35. The molecule has 0 unspecified atom stereocenters. The zero-order valence-electron chi connectivity index (χ0n) is 18.1. The Labute approximate surface area is 199 Å². The molecular weight excluding hydrogens is 460 g/mol. The number of H-pyrrole nitrogens is 1. The van der Waals surface area contributed by atoms with Gasteiger partial charge in [0.2, 0.25) is 5.91 Å². The van der Waals surface area contributed by atoms with E-state index in [0.717, 1.165) is 21.9 Å². The van der Waals surface area contributed by atoms with Gasteiger partial charge in [-0.05, 0) is 43.4 Å². The highest BCUT2D eigenvalue weighted by Gasteiger charge is 2.17. The average molecular weight is 483 g/mol. The largest absolute Gasteiger partial charge is 0.497 e. The summed E-state index contributed by atoms with van der Waals surface area (Å²) >= 11 is 6.62. The summed E-state index contributed by atoms with van der Waals surface area (Å²) in [7, 11) is 1.62. The third kappa shape index (κ3) is 5.10. The van der Waals surface area contributed by atoms with Gasteiger partial charge < -0.3 is 14.5 Å². The van der Waals surface area contributed by atoms with Gasteiger partial charge >= 0.3 is 0 Å². The highest BCUT2D eigenvalue weighted by atomic mass is 32.1. The average Bonchev–Trinajstić information content (AvgIpc) is 3.52. The number of carbonyl (C=O) groups is 1. The number of amides is 1. The van der Waals surface area contributed by atoms with Crippen LogP contribution in [-0.2, 0) is 17.8 Å². The molecule has 170 valence electrons. The summed E-state index contributed by atoms with van der Waals surface area (Å²) in [4.78, 5) is 22.0. The number of nitrogens with zero attached hydrogens (tertiary/aromatic N) is 4. The molecule has 0 aliphatic heterocycles. The van der Waals surface area contributed by atoms with Gasteiger partial charge in [0.1, 0.15) is 5.75 Å². The minimum atomic E-state index is -0.176. The van der Waals surface area contributed by atoms with Crippen LogP contribution in [0.4, 0.5) is 5.13 Å². The molecule has 4 rings (SSSR count). The zero-order chi connectivity index (χ0) is 23.4. The fraction of sp³-hybridized carbons (Fsp3) is 0.227. The Kier molecular flexibility index (Phi) is 6.80. The predicted molar refractivity (Wildman–Crippen MR) is 129 cm³/mol. The molecule has 0 fully saturated rings. The minimum Gasteiger partial charge on any atom is -0.497 e. The number of nitrogens with one attached hydrogen (secondary N) is 2. The van der Waals surface area contributed by atoms with E-state index in [0.29, 0.717) is 40.3 Å². The summed E-state index contributed by atoms with van der Waals surface area (Å²) in [5.74, 6) is 2.39. The van der Waals surface area contributed by atoms with Crippen molar-refractivity contribution < 1.29 is 13.9 Å². The lowest BCUT2D eigenvalue weighted by molar-refractivity contribution is -0.116. The number of methoxy groups -OCH3 is 1. The van der Waals surface area contributed by atoms with Crippen LogP contribution in [0.5, 0.6) is 5.75 Å². The number of oxazole rings is 1. The molecule has 0 saturated carbocycles. The second-order valence-electron chi connectivity index (χ2n) is 7.08. The molecular formula is C22H22N6O3S2. The maximum absolute atomic E-state index is 12.5. The van der Waals surface area contributed by atoms with Crippen molar-refractivity contribution in [3.63, 3.8) is 0 Å². The normalized spacial score (nSPS) is 10.8. The first-order valence-electron chi connectivity index (χ1n) is 10.1. The highest BCUT2D eigenvalue weighted by molar-refractivity contribution is 7.71. The first kappa shape index (κ1) is 22.6. The number of aryl methyl sites for hydroxylation is 2. The molecule has 4 aromatic rings. The van der Waals surface area contributed by atoms with Gasteiger partial charge in [0.15, 0.2) is 27.4 Å². The van der Waals surface area contributed by atoms with Crippen molar-refractivity contribution in [2.45, 2.75) is 26.3 Å². The molecule has 3 aromatic heterocycles. The Hall–Kier alpha value is -3.57. The van der Waals surface area contributed by atoms with Gasteiger partial charge in [-0.3, -0.25) is 14.5 Å². The maximum Gasteiger partial charge on any atom is 0.226 e. The standard InChI is InChI=1S/C22H22N6O3S2/c1-4-11-28-20(26-27-22(28)32)19-13(2)24-21(33-19)25-17(29)9-10-18-23-12-16(31-18)14-5-7-15(30-3)8-6-14/h4-8,12H,1,9-11H2,2-3H3,(H,27,32)(H,24,25,29). The smallest absolute Gasteiger partial charge is 0.226 e. The Morgan fingerprint density at radius 3 is 2.91 bits per heavy atom. The van der Waals surface area contributed by atoms with E-state index in [1.165, 1.54) is 11.3 Å². The van der Waals surface area contributed by atoms with E-state index in [-0.39, 0.29) is 12.3 Å². The van der Waals surface area contributed by atoms with Gasteiger partial charge in [0.05, 0.1) is 23.9 Å². The Morgan fingerprint density at radius 2 is 2.18 bits per heavy atom. The van der Waals surface area contributed by atoms with Gasteiger partial charge in [-0.2, -0.15) is 5.10 Å². The lowest BCUT2D eigenvalue weighted by atomic mass is 10.2. The Bertz CT molecular complexity index is 1330. The molecule has 0 atom stereocenters. The van der Waals surface area contributed by atoms with E-state index >= 15 is 0 Å². The van der Waals surface area contributed by atoms with E-state index in [2.05, 4.69) is 32.1 Å². The number of benzene rings is 1. The third-order valence-corrected chi connectivity index (χ3v) is 6.19. The van der Waals surface area contributed by atoms with E-state index in [1.54, 1.807) is 19.4 Å². The molecule has 0 spiro atoms. The summed E-state index contributed by atoms with van der Waals surface area (Å²) < 4.78 is 13.3. The van der Waals surface area contributed by atoms with E-state index in [9.17, 15) is 4.79 Å². The Balaban J connectivity index is 1.38. The first-order chi connectivity index (χ1) is 16.0. The van der Waals surface area contributed by atoms with E-state index in [1.807, 2.05) is 35.8 Å². The van der Waals surface area contributed by atoms with Crippen LogP contribution in [0.15, 0.2) is 47.5 Å². The summed E-state index contributed by atoms with van der Waals surface area (Å²) in [5, 5.41) is 10.4. The number of carbonyl (C=O) groups excluding carboxylic acids is 1. The topological polar surface area (TPSA) is 111 Å². The molecule has 0 radical (unpaired) electrons. The molecule has 0 aliphatic carbocycles. The number of allylic oxidation sites excluding steroid dienone is 1. The lowest BCUT2D eigenvalue weighted by Gasteiger charge is -2.01. The van der Waals surface area contributed by atoms with Gasteiger partial charge in [-0.25, -0.2) is 9.97 Å². The number of anilines is 1. The van der Waals surface area contributed by atoms with Crippen LogP contribution in [0.3, 0.4) is 0 Å². The van der Waals surface area contributed by atoms with Crippen molar-refractivity contribution in [3.05, 3.63) is 59.5 Å². The summed E-state index contributed by atoms with van der Waals surface area (Å²) in [5.41, 5.74) is 1.64. The van der Waals surface area contributed by atoms with Crippen molar-refractivity contribution in [1.82, 2.24) is 24.7 Å². The molecule has 0 bridgehead atoms. The van der Waals surface area contributed by atoms with Crippen molar-refractivity contribution in [1.29, 1.82) is 0 Å². The van der Waals surface area contributed by atoms with E-state index < -0.39 is 0 Å². The van der Waals surface area contributed by atoms with Crippen LogP contribution < -0.4 is 10.1 Å². The number of aromatic nitrogens is 5. The second-order valence-corrected chi connectivity index (χ2v) is 8.47. The van der Waals surface area contributed by atoms with E-state index in [4.69, 9.17) is 21.4 Å². The quantitative estimate of drug-likeness (QED) is 0.260. The van der Waals surface area contributed by atoms with Crippen LogP contribution in [0, 0.1) is 11.7 Å². The van der Waals surface area contributed by atoms with Crippen molar-refractivity contribution in [3.8, 4) is 27.8 Å². The summed E-state index contributed by atoms with van der Waals surface area (Å²) in [6, 6.07) is 7.50. The van der Waals surface area contributed by atoms with Gasteiger partial charge in [0.25, 0.3) is 0 Å². The van der Waals surface area contributed by atoms with Crippen LogP contribution in [0.1, 0.15) is 18.0 Å². The fourth-order valence-electron chi connectivity index (χ4n) is 3.16. The molecule has 11 heteroatoms. The summed E-state index contributed by atoms with van der Waals surface area (Å²) in [6.07, 6.45) is 3.99.